The van der Waals surface area contributed by atoms with Gasteiger partial charge < -0.3 is 20.8 Å². The monoisotopic (exact) mass is 468 g/mol. The van der Waals surface area contributed by atoms with E-state index in [1.807, 2.05) is 0 Å². The molecule has 0 aliphatic rings. The molecule has 0 aliphatic heterocycles. The lowest BCUT2D eigenvalue weighted by atomic mass is 10.1. The van der Waals surface area contributed by atoms with Crippen LogP contribution in [0.3, 0.4) is 0 Å². The van der Waals surface area contributed by atoms with Crippen molar-refractivity contribution in [1.82, 2.24) is 10.6 Å². The maximum absolute atomic E-state index is 12.1. The Bertz CT molecular complexity index is 855. The van der Waals surface area contributed by atoms with Crippen LogP contribution in [0.25, 0.3) is 0 Å². The molecule has 0 bridgehead atoms. The molecule has 34 heavy (non-hydrogen) atoms. The van der Waals surface area contributed by atoms with Crippen LogP contribution in [0.15, 0.2) is 60.7 Å². The van der Waals surface area contributed by atoms with Crippen molar-refractivity contribution in [2.45, 2.75) is 63.5 Å². The first-order chi connectivity index (χ1) is 16.4. The lowest BCUT2D eigenvalue weighted by molar-refractivity contribution is -0.142. The maximum atomic E-state index is 12.1. The third kappa shape index (κ3) is 9.44. The van der Waals surface area contributed by atoms with Crippen LogP contribution in [0.2, 0.25) is 0 Å². The lowest BCUT2D eigenvalue weighted by Gasteiger charge is -2.15. The van der Waals surface area contributed by atoms with E-state index in [9.17, 15) is 29.4 Å². The van der Waals surface area contributed by atoms with Crippen molar-refractivity contribution in [2.24, 2.45) is 0 Å². The quantitative estimate of drug-likeness (QED) is 0.292. The summed E-state index contributed by atoms with van der Waals surface area (Å²) in [7, 11) is 0. The van der Waals surface area contributed by atoms with E-state index in [4.69, 9.17) is 0 Å². The molecule has 8 nitrogen and oxygen atoms in total. The summed E-state index contributed by atoms with van der Waals surface area (Å²) in [5.41, 5.74) is 1.07. The van der Waals surface area contributed by atoms with Gasteiger partial charge in [-0.2, -0.15) is 0 Å². The zero-order valence-corrected chi connectivity index (χ0v) is 19.1. The molecule has 182 valence electrons. The molecular weight excluding hydrogens is 436 g/mol. The number of hydrogen-bond donors (Lipinski definition) is 4. The normalized spacial score (nSPS) is 12.4. The number of benzene rings is 2. The van der Waals surface area contributed by atoms with Crippen LogP contribution in [0, 0.1) is 0 Å². The Hall–Kier alpha value is -3.68. The fraction of sp³-hybridized carbons (Fsp3) is 0.385. The predicted molar refractivity (Wildman–Crippen MR) is 127 cm³/mol. The first-order valence-electron chi connectivity index (χ1n) is 11.5. The Kier molecular flexibility index (Phi) is 11.3. The number of rotatable bonds is 15. The molecule has 4 N–H and O–H groups in total. The molecule has 0 spiro atoms. The van der Waals surface area contributed by atoms with Gasteiger partial charge >= 0.3 is 11.9 Å². The van der Waals surface area contributed by atoms with Gasteiger partial charge in [0.1, 0.15) is 0 Å². The standard InChI is InChI=1S/C26H32N2O6/c29-21(27-23(25(31)32)19-13-7-5-8-14-19)17-11-3-1-2-4-12-18-22(30)28-24(26(33)34)20-15-9-6-10-16-20/h5-10,13-16,23-24H,1-4,11-12,17-18H2,(H,27,29)(H,28,30)(H,31,32)(H,33,34)/t23-,24-/m1/s1. The molecule has 0 heterocycles. The number of unbranched alkanes of at least 4 members (excludes halogenated alkanes) is 5. The maximum Gasteiger partial charge on any atom is 0.330 e. The van der Waals surface area contributed by atoms with Gasteiger partial charge in [-0.1, -0.05) is 86.3 Å². The summed E-state index contributed by atoms with van der Waals surface area (Å²) < 4.78 is 0. The van der Waals surface area contributed by atoms with Crippen LogP contribution in [0.5, 0.6) is 0 Å². The van der Waals surface area contributed by atoms with Crippen molar-refractivity contribution in [3.63, 3.8) is 0 Å². The second-order valence-electron chi connectivity index (χ2n) is 8.12. The lowest BCUT2D eigenvalue weighted by Crippen LogP contribution is -2.33. The Morgan fingerprint density at radius 3 is 1.21 bits per heavy atom. The number of hydrogen-bond acceptors (Lipinski definition) is 4. The third-order valence-electron chi connectivity index (χ3n) is 5.43. The first-order valence-corrected chi connectivity index (χ1v) is 11.5. The molecular formula is C26H32N2O6. The van der Waals surface area contributed by atoms with Crippen molar-refractivity contribution >= 4 is 23.8 Å². The molecule has 0 fully saturated rings. The van der Waals surface area contributed by atoms with Gasteiger partial charge in [0.05, 0.1) is 0 Å². The molecule has 0 aromatic heterocycles. The highest BCUT2D eigenvalue weighted by molar-refractivity contribution is 5.85. The number of carboxylic acid groups (broad SMARTS) is 2. The van der Waals surface area contributed by atoms with Gasteiger partial charge in [-0.3, -0.25) is 9.59 Å². The Labute approximate surface area is 199 Å². The summed E-state index contributed by atoms with van der Waals surface area (Å²) >= 11 is 0. The van der Waals surface area contributed by atoms with Gasteiger partial charge in [-0.05, 0) is 24.0 Å². The highest BCUT2D eigenvalue weighted by atomic mass is 16.4. The molecule has 8 heteroatoms. The summed E-state index contributed by atoms with van der Waals surface area (Å²) in [4.78, 5) is 47.1. The minimum absolute atomic E-state index is 0.259. The topological polar surface area (TPSA) is 133 Å². The second-order valence-corrected chi connectivity index (χ2v) is 8.12. The van der Waals surface area contributed by atoms with Crippen LogP contribution in [0.4, 0.5) is 0 Å². The predicted octanol–water partition coefficient (Wildman–Crippen LogP) is 3.99. The van der Waals surface area contributed by atoms with E-state index in [2.05, 4.69) is 10.6 Å². The number of carbonyl (C=O) groups excluding carboxylic acids is 2. The minimum atomic E-state index is -1.10. The van der Waals surface area contributed by atoms with Crippen molar-refractivity contribution in [3.8, 4) is 0 Å². The summed E-state index contributed by atoms with van der Waals surface area (Å²) in [5, 5.41) is 23.9. The Morgan fingerprint density at radius 1 is 0.559 bits per heavy atom. The van der Waals surface area contributed by atoms with Crippen molar-refractivity contribution in [2.75, 3.05) is 0 Å². The van der Waals surface area contributed by atoms with E-state index in [-0.39, 0.29) is 24.7 Å². The molecule has 0 saturated heterocycles. The van der Waals surface area contributed by atoms with Crippen LogP contribution >= 0.6 is 0 Å². The highest BCUT2D eigenvalue weighted by Crippen LogP contribution is 2.15. The van der Waals surface area contributed by atoms with Crippen LogP contribution in [-0.2, 0) is 19.2 Å². The number of carbonyl (C=O) groups is 4. The molecule has 2 atom stereocenters. The number of aliphatic carboxylic acids is 2. The van der Waals surface area contributed by atoms with E-state index < -0.39 is 24.0 Å². The Balaban J connectivity index is 1.57. The zero-order valence-electron chi connectivity index (χ0n) is 19.1. The van der Waals surface area contributed by atoms with Gasteiger partial charge in [-0.15, -0.1) is 0 Å². The SMILES string of the molecule is O=C(CCCCCCCCC(=O)N[C@@H](C(=O)O)c1ccccc1)N[C@@H](C(=O)O)c1ccccc1. The summed E-state index contributed by atoms with van der Waals surface area (Å²) in [6.07, 6.45) is 5.30. The second kappa shape index (κ2) is 14.5. The fourth-order valence-corrected chi connectivity index (χ4v) is 3.61. The van der Waals surface area contributed by atoms with Crippen molar-refractivity contribution < 1.29 is 29.4 Å². The molecule has 2 aromatic carbocycles. The fourth-order valence-electron chi connectivity index (χ4n) is 3.61. The minimum Gasteiger partial charge on any atom is -0.479 e. The number of nitrogens with one attached hydrogen (secondary N) is 2. The largest absolute Gasteiger partial charge is 0.479 e. The molecule has 2 aromatic rings. The van der Waals surface area contributed by atoms with E-state index >= 15 is 0 Å². The van der Waals surface area contributed by atoms with Crippen molar-refractivity contribution in [3.05, 3.63) is 71.8 Å². The van der Waals surface area contributed by atoms with Crippen molar-refractivity contribution in [1.29, 1.82) is 0 Å². The average Bonchev–Trinajstić information content (AvgIpc) is 2.83. The molecule has 2 amide bonds. The Morgan fingerprint density at radius 2 is 0.882 bits per heavy atom. The molecule has 0 unspecified atom stereocenters. The highest BCUT2D eigenvalue weighted by Gasteiger charge is 2.22. The van der Waals surface area contributed by atoms with Crippen LogP contribution < -0.4 is 10.6 Å². The summed E-state index contributed by atoms with van der Waals surface area (Å²) in [6, 6.07) is 15.1. The third-order valence-corrected chi connectivity index (χ3v) is 5.43. The number of carboxylic acids is 2. The van der Waals surface area contributed by atoms with Gasteiger partial charge in [-0.25, -0.2) is 9.59 Å². The first kappa shape index (κ1) is 26.6. The van der Waals surface area contributed by atoms with Gasteiger partial charge in [0.15, 0.2) is 12.1 Å². The number of amides is 2. The average molecular weight is 469 g/mol. The molecule has 0 radical (unpaired) electrons. The smallest absolute Gasteiger partial charge is 0.330 e. The van der Waals surface area contributed by atoms with E-state index in [1.54, 1.807) is 60.7 Å². The van der Waals surface area contributed by atoms with E-state index in [0.717, 1.165) is 25.7 Å². The zero-order chi connectivity index (χ0) is 24.8. The van der Waals surface area contributed by atoms with Gasteiger partial charge in [0.25, 0.3) is 0 Å². The molecule has 2 rings (SSSR count). The summed E-state index contributed by atoms with van der Waals surface area (Å²) in [6.45, 7) is 0. The van der Waals surface area contributed by atoms with E-state index in [1.165, 1.54) is 0 Å². The molecule has 0 aliphatic carbocycles. The van der Waals surface area contributed by atoms with Gasteiger partial charge in [0, 0.05) is 12.8 Å². The van der Waals surface area contributed by atoms with Crippen LogP contribution in [0.1, 0.15) is 74.6 Å². The molecule has 0 saturated carbocycles. The van der Waals surface area contributed by atoms with E-state index in [0.29, 0.717) is 24.0 Å². The summed E-state index contributed by atoms with van der Waals surface area (Å²) in [5.74, 6) is -2.78. The van der Waals surface area contributed by atoms with Crippen LogP contribution in [-0.4, -0.2) is 34.0 Å². The van der Waals surface area contributed by atoms with Gasteiger partial charge in [0.2, 0.25) is 11.8 Å².